The van der Waals surface area contributed by atoms with Crippen LogP contribution in [0.15, 0.2) is 29.5 Å². The largest absolute Gasteiger partial charge is 0.369 e. The van der Waals surface area contributed by atoms with Crippen LogP contribution in [-0.4, -0.2) is 58.2 Å². The predicted octanol–water partition coefficient (Wildman–Crippen LogP) is 2.82. The number of hydrogen-bond donors (Lipinski definition) is 1. The first kappa shape index (κ1) is 20.8. The lowest BCUT2D eigenvalue weighted by Gasteiger charge is -2.30. The second-order valence-corrected chi connectivity index (χ2v) is 9.25. The zero-order valence-electron chi connectivity index (χ0n) is 17.9. The van der Waals surface area contributed by atoms with Gasteiger partial charge < -0.3 is 10.6 Å². The molecular formula is C23H33N5O2. The van der Waals surface area contributed by atoms with Crippen LogP contribution < -0.4 is 5.73 Å². The van der Waals surface area contributed by atoms with E-state index in [1.54, 1.807) is 31.6 Å². The molecular weight excluding hydrogens is 378 g/mol. The van der Waals surface area contributed by atoms with Crippen LogP contribution in [0.3, 0.4) is 0 Å². The molecule has 0 unspecified atom stereocenters. The third kappa shape index (κ3) is 4.20. The molecule has 2 N–H and O–H groups in total. The van der Waals surface area contributed by atoms with Gasteiger partial charge in [-0.25, -0.2) is 4.99 Å². The predicted molar refractivity (Wildman–Crippen MR) is 116 cm³/mol. The van der Waals surface area contributed by atoms with Gasteiger partial charge in [-0.1, -0.05) is 32.1 Å². The number of aliphatic imine (C=N–C) groups is 1. The molecule has 7 heteroatoms. The fraction of sp³-hybridized carbons (Fsp3) is 0.652. The number of amides is 2. The summed E-state index contributed by atoms with van der Waals surface area (Å²) in [6, 6.07) is 3.50. The number of pyridine rings is 1. The zero-order valence-corrected chi connectivity index (χ0v) is 17.9. The minimum Gasteiger partial charge on any atom is -0.369 e. The van der Waals surface area contributed by atoms with Gasteiger partial charge in [-0.15, -0.1) is 0 Å². The molecule has 1 aromatic heterocycles. The highest BCUT2D eigenvalue weighted by Crippen LogP contribution is 2.39. The van der Waals surface area contributed by atoms with Crippen molar-refractivity contribution < 1.29 is 9.59 Å². The number of nitrogens with zero attached hydrogens (tertiary/aromatic N) is 4. The monoisotopic (exact) mass is 411 g/mol. The molecule has 3 heterocycles. The van der Waals surface area contributed by atoms with E-state index in [2.05, 4.69) is 4.98 Å². The molecule has 2 fully saturated rings. The molecule has 3 aliphatic rings. The SMILES string of the molecule is CN1C(=O)[C@](CCC2CCCCC2)(C[C@H]2CCN(C(=O)c3ccncc3)C2)N=C1N. The Kier molecular flexibility index (Phi) is 6.06. The number of likely N-dealkylation sites (N-methyl/N-ethyl adjacent to an activating group) is 1. The van der Waals surface area contributed by atoms with E-state index in [9.17, 15) is 9.59 Å². The molecule has 0 aromatic carbocycles. The van der Waals surface area contributed by atoms with E-state index < -0.39 is 5.54 Å². The van der Waals surface area contributed by atoms with E-state index in [0.717, 1.165) is 19.3 Å². The molecule has 1 aromatic rings. The minimum absolute atomic E-state index is 0.0229. The van der Waals surface area contributed by atoms with Gasteiger partial charge in [0.2, 0.25) is 0 Å². The standard InChI is InChI=1S/C23H33N5O2/c1-27-21(30)23(26-22(27)24,11-7-17-5-3-2-4-6-17)15-18-10-14-28(16-18)20(29)19-8-12-25-13-9-19/h8-9,12-13,17-18H,2-7,10-11,14-16H2,1H3,(H2,24,26)/t18-,23+/m1/s1. The zero-order chi connectivity index (χ0) is 21.1. The molecule has 7 nitrogen and oxygen atoms in total. The Labute approximate surface area is 178 Å². The highest BCUT2D eigenvalue weighted by Gasteiger charge is 2.48. The lowest BCUT2D eigenvalue weighted by atomic mass is 9.78. The van der Waals surface area contributed by atoms with Crippen molar-refractivity contribution in [2.45, 2.75) is 63.3 Å². The van der Waals surface area contributed by atoms with Crippen LogP contribution >= 0.6 is 0 Å². The van der Waals surface area contributed by atoms with E-state index in [4.69, 9.17) is 10.7 Å². The topological polar surface area (TPSA) is 91.9 Å². The summed E-state index contributed by atoms with van der Waals surface area (Å²) in [4.78, 5) is 38.1. The van der Waals surface area contributed by atoms with Crippen molar-refractivity contribution in [1.29, 1.82) is 0 Å². The van der Waals surface area contributed by atoms with E-state index >= 15 is 0 Å². The molecule has 0 bridgehead atoms. The minimum atomic E-state index is -0.753. The summed E-state index contributed by atoms with van der Waals surface area (Å²) in [6.07, 6.45) is 13.1. The lowest BCUT2D eigenvalue weighted by molar-refractivity contribution is -0.131. The number of aromatic nitrogens is 1. The van der Waals surface area contributed by atoms with Crippen LogP contribution in [0.4, 0.5) is 0 Å². The highest BCUT2D eigenvalue weighted by atomic mass is 16.2. The summed E-state index contributed by atoms with van der Waals surface area (Å²) in [5, 5.41) is 0. The second-order valence-electron chi connectivity index (χ2n) is 9.25. The summed E-state index contributed by atoms with van der Waals surface area (Å²) in [7, 11) is 1.72. The number of carbonyl (C=O) groups is 2. The van der Waals surface area contributed by atoms with Crippen molar-refractivity contribution >= 4 is 17.8 Å². The van der Waals surface area contributed by atoms with Crippen molar-refractivity contribution in [1.82, 2.24) is 14.8 Å². The van der Waals surface area contributed by atoms with E-state index in [-0.39, 0.29) is 17.7 Å². The van der Waals surface area contributed by atoms with Gasteiger partial charge in [-0.3, -0.25) is 19.5 Å². The van der Waals surface area contributed by atoms with Crippen molar-refractivity contribution in [3.63, 3.8) is 0 Å². The molecule has 162 valence electrons. The maximum Gasteiger partial charge on any atom is 0.257 e. The molecule has 1 aliphatic carbocycles. The Morgan fingerprint density at radius 3 is 2.57 bits per heavy atom. The van der Waals surface area contributed by atoms with Gasteiger partial charge in [0.25, 0.3) is 11.8 Å². The summed E-state index contributed by atoms with van der Waals surface area (Å²) < 4.78 is 0. The van der Waals surface area contributed by atoms with Crippen molar-refractivity contribution in [3.8, 4) is 0 Å². The fourth-order valence-electron chi connectivity index (χ4n) is 5.41. The van der Waals surface area contributed by atoms with Crippen molar-refractivity contribution in [2.75, 3.05) is 20.1 Å². The van der Waals surface area contributed by atoms with Gasteiger partial charge in [-0.2, -0.15) is 0 Å². The number of nitrogens with two attached hydrogens (primary N) is 1. The van der Waals surface area contributed by atoms with E-state index in [1.807, 2.05) is 4.90 Å². The highest BCUT2D eigenvalue weighted by molar-refractivity contribution is 6.06. The van der Waals surface area contributed by atoms with Crippen LogP contribution in [0.25, 0.3) is 0 Å². The van der Waals surface area contributed by atoms with Gasteiger partial charge in [0.15, 0.2) is 5.96 Å². The van der Waals surface area contributed by atoms with Gasteiger partial charge in [0, 0.05) is 38.1 Å². The lowest BCUT2D eigenvalue weighted by Crippen LogP contribution is -2.44. The van der Waals surface area contributed by atoms with Crippen LogP contribution in [-0.2, 0) is 4.79 Å². The molecule has 1 saturated heterocycles. The maximum atomic E-state index is 13.2. The first-order chi connectivity index (χ1) is 14.5. The van der Waals surface area contributed by atoms with E-state index in [0.29, 0.717) is 37.0 Å². The van der Waals surface area contributed by atoms with Crippen LogP contribution in [0.1, 0.15) is 68.1 Å². The first-order valence-electron chi connectivity index (χ1n) is 11.3. The fourth-order valence-corrected chi connectivity index (χ4v) is 5.41. The Balaban J connectivity index is 1.43. The summed E-state index contributed by atoms with van der Waals surface area (Å²) >= 11 is 0. The van der Waals surface area contributed by atoms with Gasteiger partial charge in [-0.05, 0) is 49.7 Å². The summed E-state index contributed by atoms with van der Waals surface area (Å²) in [5.74, 6) is 1.34. The van der Waals surface area contributed by atoms with Crippen molar-refractivity contribution in [3.05, 3.63) is 30.1 Å². The summed E-state index contributed by atoms with van der Waals surface area (Å²) in [6.45, 7) is 1.38. The smallest absolute Gasteiger partial charge is 0.257 e. The number of carbonyl (C=O) groups excluding carboxylic acids is 2. The number of hydrogen-bond acceptors (Lipinski definition) is 5. The molecule has 2 aliphatic heterocycles. The maximum absolute atomic E-state index is 13.2. The number of guanidine groups is 1. The average molecular weight is 412 g/mol. The van der Waals surface area contributed by atoms with Crippen LogP contribution in [0.5, 0.6) is 0 Å². The Bertz CT molecular complexity index is 805. The Hall–Kier alpha value is -2.44. The third-order valence-corrected chi connectivity index (χ3v) is 7.19. The second kappa shape index (κ2) is 8.74. The molecule has 2 amide bonds. The number of rotatable bonds is 6. The quantitative estimate of drug-likeness (QED) is 0.779. The van der Waals surface area contributed by atoms with Gasteiger partial charge in [0.1, 0.15) is 5.54 Å². The van der Waals surface area contributed by atoms with E-state index in [1.165, 1.54) is 37.0 Å². The number of likely N-dealkylation sites (tertiary alicyclic amines) is 1. The molecule has 1 saturated carbocycles. The van der Waals surface area contributed by atoms with Crippen LogP contribution in [0, 0.1) is 11.8 Å². The normalized spacial score (nSPS) is 27.6. The molecule has 0 spiro atoms. The molecule has 4 rings (SSSR count). The van der Waals surface area contributed by atoms with Crippen LogP contribution in [0.2, 0.25) is 0 Å². The molecule has 30 heavy (non-hydrogen) atoms. The Morgan fingerprint density at radius 2 is 1.90 bits per heavy atom. The Morgan fingerprint density at radius 1 is 1.17 bits per heavy atom. The van der Waals surface area contributed by atoms with Crippen molar-refractivity contribution in [2.24, 2.45) is 22.6 Å². The average Bonchev–Trinajstić information content (AvgIpc) is 3.32. The molecule has 0 radical (unpaired) electrons. The van der Waals surface area contributed by atoms with Gasteiger partial charge >= 0.3 is 0 Å². The summed E-state index contributed by atoms with van der Waals surface area (Å²) in [5.41, 5.74) is 5.97. The first-order valence-corrected chi connectivity index (χ1v) is 11.3. The molecule has 2 atom stereocenters. The van der Waals surface area contributed by atoms with Gasteiger partial charge in [0.05, 0.1) is 0 Å². The third-order valence-electron chi connectivity index (χ3n) is 7.19.